The number of aliphatic hydroxyl groups is 1. The molecule has 2 saturated heterocycles. The molecular weight excluding hydrogens is 564 g/mol. The van der Waals surface area contributed by atoms with Crippen LogP contribution in [0.15, 0.2) is 59.5 Å². The Labute approximate surface area is 246 Å². The number of methoxy groups -OCH3 is 1. The van der Waals surface area contributed by atoms with Crippen molar-refractivity contribution >= 4 is 15.9 Å². The summed E-state index contributed by atoms with van der Waals surface area (Å²) in [4.78, 5) is 13.1. The predicted octanol–water partition coefficient (Wildman–Crippen LogP) is 2.89. The zero-order chi connectivity index (χ0) is 29.7. The van der Waals surface area contributed by atoms with Crippen LogP contribution < -0.4 is 15.8 Å². The molecule has 230 valence electrons. The molecule has 1 aliphatic carbocycles. The number of carbonyl (C=O) groups excluding carboxylic acids is 1. The summed E-state index contributed by atoms with van der Waals surface area (Å²) in [5.41, 5.74) is 7.44. The monoisotopic (exact) mass is 604 g/mol. The summed E-state index contributed by atoms with van der Waals surface area (Å²) < 4.78 is 56.5. The van der Waals surface area contributed by atoms with E-state index < -0.39 is 51.6 Å². The Balaban J connectivity index is 1.45. The van der Waals surface area contributed by atoms with Crippen LogP contribution in [0.2, 0.25) is 0 Å². The molecule has 0 bridgehead atoms. The minimum atomic E-state index is -4.51. The zero-order valence-electron chi connectivity index (χ0n) is 23.7. The van der Waals surface area contributed by atoms with E-state index in [1.807, 2.05) is 30.3 Å². The second-order valence-corrected chi connectivity index (χ2v) is 13.2. The second kappa shape index (κ2) is 13.3. The fraction of sp³-hybridized carbons (Fsp3) is 0.567. The molecule has 4 N–H and O–H groups in total. The largest absolute Gasteiger partial charge is 0.497 e. The third-order valence-corrected chi connectivity index (χ3v) is 10.4. The van der Waals surface area contributed by atoms with Crippen LogP contribution >= 0.6 is 0 Å². The van der Waals surface area contributed by atoms with Crippen molar-refractivity contribution in [1.82, 2.24) is 5.32 Å². The molecule has 0 radical (unpaired) electrons. The molecule has 5 rings (SSSR count). The van der Waals surface area contributed by atoms with Gasteiger partial charge in [0.15, 0.2) is 6.29 Å². The average molecular weight is 605 g/mol. The molecule has 0 spiro atoms. The van der Waals surface area contributed by atoms with E-state index in [1.54, 1.807) is 0 Å². The standard InChI is InChI=1S/C30H40N2O9S/c1-37-21-12-14-23(15-13-21)42(35,36)30(31,41-22-10-6-3-7-11-22)27(33)25(18-20-8-4-2-5-9-20)32-29(34)40-26-19-39-28-24(26)16-17-38-28/h2,4-5,8-9,12-15,22,24-28,33H,3,6-7,10-11,16-19,31H2,1H3,(H,32,34)/t24-,25-,26-,27+,28+,30?/m0/s1. The number of nitrogens with two attached hydrogens (primary N) is 1. The number of carbonyl (C=O) groups is 1. The maximum Gasteiger partial charge on any atom is 0.407 e. The van der Waals surface area contributed by atoms with Gasteiger partial charge < -0.3 is 34.1 Å². The maximum absolute atomic E-state index is 14.2. The summed E-state index contributed by atoms with van der Waals surface area (Å²) >= 11 is 0. The summed E-state index contributed by atoms with van der Waals surface area (Å²) in [6.07, 6.45) is 0.569. The van der Waals surface area contributed by atoms with Gasteiger partial charge in [-0.1, -0.05) is 49.6 Å². The lowest BCUT2D eigenvalue weighted by molar-refractivity contribution is -0.120. The molecule has 3 fully saturated rings. The van der Waals surface area contributed by atoms with Crippen LogP contribution in [-0.2, 0) is 35.2 Å². The Morgan fingerprint density at radius 2 is 1.79 bits per heavy atom. The minimum Gasteiger partial charge on any atom is -0.497 e. The molecule has 1 saturated carbocycles. The Hall–Kier alpha value is -2.74. The van der Waals surface area contributed by atoms with Crippen molar-refractivity contribution in [3.8, 4) is 5.75 Å². The Morgan fingerprint density at radius 3 is 2.48 bits per heavy atom. The van der Waals surface area contributed by atoms with Gasteiger partial charge in [0.1, 0.15) is 18.0 Å². The molecule has 6 atom stereocenters. The fourth-order valence-electron chi connectivity index (χ4n) is 5.94. The number of hydrogen-bond acceptors (Lipinski definition) is 10. The number of fused-ring (bicyclic) bond motifs is 1. The highest BCUT2D eigenvalue weighted by Gasteiger charge is 2.54. The van der Waals surface area contributed by atoms with E-state index in [2.05, 4.69) is 5.32 Å². The van der Waals surface area contributed by atoms with Gasteiger partial charge in [0.2, 0.25) is 9.84 Å². The number of benzene rings is 2. The number of sulfone groups is 1. The van der Waals surface area contributed by atoms with Gasteiger partial charge >= 0.3 is 6.09 Å². The van der Waals surface area contributed by atoms with Crippen LogP contribution in [0.25, 0.3) is 0 Å². The van der Waals surface area contributed by atoms with Crippen molar-refractivity contribution in [2.45, 2.75) is 85.5 Å². The molecular formula is C30H40N2O9S. The summed E-state index contributed by atoms with van der Waals surface area (Å²) in [5, 5.41) is 12.0. The highest BCUT2D eigenvalue weighted by Crippen LogP contribution is 2.35. The first-order valence-electron chi connectivity index (χ1n) is 14.5. The van der Waals surface area contributed by atoms with Crippen LogP contribution in [0, 0.1) is 5.92 Å². The normalized spacial score (nSPS) is 25.6. The molecule has 2 aromatic carbocycles. The molecule has 2 aromatic rings. The van der Waals surface area contributed by atoms with Gasteiger partial charge in [0, 0.05) is 0 Å². The van der Waals surface area contributed by atoms with Crippen molar-refractivity contribution < 1.29 is 42.0 Å². The van der Waals surface area contributed by atoms with E-state index in [4.69, 9.17) is 29.4 Å². The Kier molecular flexibility index (Phi) is 9.70. The zero-order valence-corrected chi connectivity index (χ0v) is 24.5. The fourth-order valence-corrected chi connectivity index (χ4v) is 7.54. The summed E-state index contributed by atoms with van der Waals surface area (Å²) in [5.74, 6) is 0.370. The first kappa shape index (κ1) is 30.7. The third-order valence-electron chi connectivity index (χ3n) is 8.33. The van der Waals surface area contributed by atoms with E-state index in [0.29, 0.717) is 31.6 Å². The SMILES string of the molecule is COc1ccc(S(=O)(=O)C(N)(OC2CCCCC2)[C@H](O)[C@H](Cc2ccccc2)NC(=O)O[C@H]2CO[C@H]3OCC[C@H]32)cc1. The number of amides is 1. The van der Waals surface area contributed by atoms with Crippen molar-refractivity contribution in [2.75, 3.05) is 20.3 Å². The van der Waals surface area contributed by atoms with Gasteiger partial charge in [-0.2, -0.15) is 0 Å². The molecule has 1 unspecified atom stereocenters. The van der Waals surface area contributed by atoms with Gasteiger partial charge in [-0.3, -0.25) is 5.73 Å². The summed E-state index contributed by atoms with van der Waals surface area (Å²) in [6, 6.07) is 13.6. The van der Waals surface area contributed by atoms with E-state index in [1.165, 1.54) is 31.4 Å². The van der Waals surface area contributed by atoms with Crippen LogP contribution in [0.5, 0.6) is 5.75 Å². The molecule has 12 heteroatoms. The molecule has 2 aliphatic heterocycles. The minimum absolute atomic E-state index is 0.0680. The highest BCUT2D eigenvalue weighted by atomic mass is 32.2. The maximum atomic E-state index is 14.2. The number of ether oxygens (including phenoxy) is 5. The van der Waals surface area contributed by atoms with Crippen molar-refractivity contribution in [3.63, 3.8) is 0 Å². The molecule has 42 heavy (non-hydrogen) atoms. The number of hydrogen-bond donors (Lipinski definition) is 3. The summed E-state index contributed by atoms with van der Waals surface area (Å²) in [6.45, 7) is 0.704. The lowest BCUT2D eigenvalue weighted by Gasteiger charge is -2.40. The van der Waals surface area contributed by atoms with Gasteiger partial charge in [-0.15, -0.1) is 0 Å². The first-order chi connectivity index (χ1) is 20.2. The van der Waals surface area contributed by atoms with Gasteiger partial charge in [0.05, 0.1) is 43.3 Å². The van der Waals surface area contributed by atoms with Crippen LogP contribution in [0.4, 0.5) is 4.79 Å². The van der Waals surface area contributed by atoms with E-state index in [-0.39, 0.29) is 23.8 Å². The average Bonchev–Trinajstić information content (AvgIpc) is 3.62. The van der Waals surface area contributed by atoms with Crippen LogP contribution in [0.1, 0.15) is 44.1 Å². The molecule has 2 heterocycles. The molecule has 3 aliphatic rings. The summed E-state index contributed by atoms with van der Waals surface area (Å²) in [7, 11) is -3.03. The van der Waals surface area contributed by atoms with Gasteiger partial charge in [0.25, 0.3) is 5.06 Å². The predicted molar refractivity (Wildman–Crippen MR) is 152 cm³/mol. The van der Waals surface area contributed by atoms with Crippen molar-refractivity contribution in [1.29, 1.82) is 0 Å². The van der Waals surface area contributed by atoms with Gasteiger partial charge in [-0.25, -0.2) is 13.2 Å². The second-order valence-electron chi connectivity index (χ2n) is 11.1. The van der Waals surface area contributed by atoms with Crippen molar-refractivity contribution in [2.24, 2.45) is 11.7 Å². The Bertz CT molecular complexity index is 1290. The smallest absolute Gasteiger partial charge is 0.407 e. The molecule has 0 aromatic heterocycles. The topological polar surface area (TPSA) is 156 Å². The van der Waals surface area contributed by atoms with Crippen LogP contribution in [-0.4, -0.2) is 75.6 Å². The quantitative estimate of drug-likeness (QED) is 0.326. The van der Waals surface area contributed by atoms with Crippen LogP contribution in [0.3, 0.4) is 0 Å². The lowest BCUT2D eigenvalue weighted by atomic mass is 9.97. The lowest BCUT2D eigenvalue weighted by Crippen LogP contribution is -2.67. The first-order valence-corrected chi connectivity index (χ1v) is 16.0. The van der Waals surface area contributed by atoms with Crippen molar-refractivity contribution in [3.05, 3.63) is 60.2 Å². The van der Waals surface area contributed by atoms with E-state index in [9.17, 15) is 18.3 Å². The highest BCUT2D eigenvalue weighted by molar-refractivity contribution is 7.92. The number of aliphatic hydroxyl groups excluding tert-OH is 1. The molecule has 11 nitrogen and oxygen atoms in total. The van der Waals surface area contributed by atoms with E-state index in [0.717, 1.165) is 24.8 Å². The number of nitrogens with one attached hydrogen (secondary N) is 1. The van der Waals surface area contributed by atoms with Gasteiger partial charge in [-0.05, 0) is 55.5 Å². The van der Waals surface area contributed by atoms with E-state index >= 15 is 0 Å². The third kappa shape index (κ3) is 6.58. The molecule has 1 amide bonds. The number of rotatable bonds is 11. The number of alkyl carbamates (subject to hydrolysis) is 1. The Morgan fingerprint density at radius 1 is 1.07 bits per heavy atom.